The standard InChI is InChI=1S/C24H24ClFN4O.ClH/c25-20-5-6-22(18-8-9-27-15-19(18)20)28-24(31)16-4-7-23(21(26)14-16)30-12-10-29(11-13-30)17-2-1-3-17;/h4-9,14-15,17H,1-3,10-13H2,(H,28,31);1H. The molecule has 1 saturated carbocycles. The van der Waals surface area contributed by atoms with Gasteiger partial charge in [0.05, 0.1) is 10.7 Å². The highest BCUT2D eigenvalue weighted by atomic mass is 35.5. The van der Waals surface area contributed by atoms with Gasteiger partial charge in [0.1, 0.15) is 5.82 Å². The summed E-state index contributed by atoms with van der Waals surface area (Å²) in [5, 5.41) is 4.98. The Morgan fingerprint density at radius 1 is 1.06 bits per heavy atom. The van der Waals surface area contributed by atoms with Gasteiger partial charge in [-0.2, -0.15) is 0 Å². The second kappa shape index (κ2) is 9.61. The molecule has 3 aromatic rings. The smallest absolute Gasteiger partial charge is 0.255 e. The molecular formula is C24H25Cl2FN4O. The number of nitrogens with one attached hydrogen (secondary N) is 1. The highest BCUT2D eigenvalue weighted by Gasteiger charge is 2.28. The highest BCUT2D eigenvalue weighted by Crippen LogP contribution is 2.30. The van der Waals surface area contributed by atoms with Crippen LogP contribution in [0.5, 0.6) is 0 Å². The molecule has 8 heteroatoms. The van der Waals surface area contributed by atoms with Crippen LogP contribution in [0.15, 0.2) is 48.8 Å². The molecule has 1 N–H and O–H groups in total. The molecule has 0 radical (unpaired) electrons. The minimum atomic E-state index is -0.366. The lowest BCUT2D eigenvalue weighted by Crippen LogP contribution is -2.52. The van der Waals surface area contributed by atoms with E-state index in [4.69, 9.17) is 11.6 Å². The van der Waals surface area contributed by atoms with Crippen molar-refractivity contribution >= 4 is 52.1 Å². The molecule has 1 saturated heterocycles. The number of nitrogens with zero attached hydrogens (tertiary/aromatic N) is 3. The fraction of sp³-hybridized carbons (Fsp3) is 0.333. The largest absolute Gasteiger partial charge is 0.367 e. The molecule has 2 aromatic carbocycles. The maximum atomic E-state index is 14.9. The number of anilines is 2. The van der Waals surface area contributed by atoms with Crippen molar-refractivity contribution in [3.63, 3.8) is 0 Å². The Morgan fingerprint density at radius 2 is 1.84 bits per heavy atom. The van der Waals surface area contributed by atoms with Gasteiger partial charge < -0.3 is 10.2 Å². The van der Waals surface area contributed by atoms with E-state index in [0.29, 0.717) is 16.4 Å². The first-order chi connectivity index (χ1) is 15.1. The van der Waals surface area contributed by atoms with Gasteiger partial charge in [-0.15, -0.1) is 12.4 Å². The quantitative estimate of drug-likeness (QED) is 0.551. The predicted octanol–water partition coefficient (Wildman–Crippen LogP) is 5.38. The summed E-state index contributed by atoms with van der Waals surface area (Å²) in [5.74, 6) is -0.726. The Kier molecular flexibility index (Phi) is 6.84. The van der Waals surface area contributed by atoms with Gasteiger partial charge in [0.25, 0.3) is 5.91 Å². The molecule has 32 heavy (non-hydrogen) atoms. The van der Waals surface area contributed by atoms with Crippen molar-refractivity contribution < 1.29 is 9.18 Å². The molecule has 0 unspecified atom stereocenters. The molecule has 168 valence electrons. The first-order valence-electron chi connectivity index (χ1n) is 10.7. The molecule has 1 amide bonds. The van der Waals surface area contributed by atoms with E-state index in [1.165, 1.54) is 25.3 Å². The second-order valence-corrected chi connectivity index (χ2v) is 8.65. The Hall–Kier alpha value is -2.41. The number of carbonyl (C=O) groups excluding carboxylic acids is 1. The average Bonchev–Trinajstić information content (AvgIpc) is 2.75. The molecule has 1 aromatic heterocycles. The Balaban J connectivity index is 0.00000245. The summed E-state index contributed by atoms with van der Waals surface area (Å²) in [5.41, 5.74) is 1.46. The molecule has 1 aliphatic carbocycles. The van der Waals surface area contributed by atoms with Crippen molar-refractivity contribution in [2.45, 2.75) is 25.3 Å². The number of halogens is 3. The zero-order chi connectivity index (χ0) is 21.4. The Labute approximate surface area is 198 Å². The van der Waals surface area contributed by atoms with E-state index < -0.39 is 0 Å². The number of piperazine rings is 1. The van der Waals surface area contributed by atoms with E-state index in [1.807, 2.05) is 0 Å². The van der Waals surface area contributed by atoms with Crippen molar-refractivity contribution in [1.82, 2.24) is 9.88 Å². The summed E-state index contributed by atoms with van der Waals surface area (Å²) in [6.45, 7) is 3.54. The van der Waals surface area contributed by atoms with Crippen molar-refractivity contribution in [2.75, 3.05) is 36.4 Å². The first-order valence-corrected chi connectivity index (χ1v) is 11.1. The number of hydrogen-bond donors (Lipinski definition) is 1. The summed E-state index contributed by atoms with van der Waals surface area (Å²) < 4.78 is 14.9. The number of hydrogen-bond acceptors (Lipinski definition) is 4. The van der Waals surface area contributed by atoms with Gasteiger partial charge in [-0.3, -0.25) is 14.7 Å². The summed E-state index contributed by atoms with van der Waals surface area (Å²) in [4.78, 5) is 21.5. The number of rotatable bonds is 4. The lowest BCUT2D eigenvalue weighted by molar-refractivity contribution is 0.102. The maximum absolute atomic E-state index is 14.9. The van der Waals surface area contributed by atoms with Crippen molar-refractivity contribution in [3.8, 4) is 0 Å². The number of carbonyl (C=O) groups is 1. The van der Waals surface area contributed by atoms with Crippen molar-refractivity contribution in [2.24, 2.45) is 0 Å². The van der Waals surface area contributed by atoms with Gasteiger partial charge in [-0.25, -0.2) is 4.39 Å². The van der Waals surface area contributed by atoms with Gasteiger partial charge in [0.2, 0.25) is 0 Å². The van der Waals surface area contributed by atoms with Crippen LogP contribution in [-0.2, 0) is 0 Å². The second-order valence-electron chi connectivity index (χ2n) is 8.24. The zero-order valence-electron chi connectivity index (χ0n) is 17.6. The predicted molar refractivity (Wildman–Crippen MR) is 130 cm³/mol. The maximum Gasteiger partial charge on any atom is 0.255 e. The third kappa shape index (κ3) is 4.40. The van der Waals surface area contributed by atoms with Crippen LogP contribution < -0.4 is 10.2 Å². The monoisotopic (exact) mass is 474 g/mol. The summed E-state index contributed by atoms with van der Waals surface area (Å²) >= 11 is 6.22. The number of aromatic nitrogens is 1. The van der Waals surface area contributed by atoms with Crippen molar-refractivity contribution in [1.29, 1.82) is 0 Å². The molecule has 0 atom stereocenters. The number of amides is 1. The van der Waals surface area contributed by atoms with Crippen LogP contribution in [-0.4, -0.2) is 48.0 Å². The fourth-order valence-corrected chi connectivity index (χ4v) is 4.66. The van der Waals surface area contributed by atoms with Gasteiger partial charge in [-0.05, 0) is 49.2 Å². The van der Waals surface area contributed by atoms with Crippen LogP contribution in [0.25, 0.3) is 10.8 Å². The third-order valence-corrected chi connectivity index (χ3v) is 6.80. The molecule has 5 rings (SSSR count). The minimum Gasteiger partial charge on any atom is -0.367 e. The summed E-state index contributed by atoms with van der Waals surface area (Å²) in [6.07, 6.45) is 7.21. The summed E-state index contributed by atoms with van der Waals surface area (Å²) in [6, 6.07) is 10.7. The summed E-state index contributed by atoms with van der Waals surface area (Å²) in [7, 11) is 0. The van der Waals surface area contributed by atoms with Crippen LogP contribution in [0.3, 0.4) is 0 Å². The average molecular weight is 475 g/mol. The van der Waals surface area contributed by atoms with Crippen molar-refractivity contribution in [3.05, 3.63) is 65.2 Å². The van der Waals surface area contributed by atoms with Crippen LogP contribution in [0, 0.1) is 5.82 Å². The molecular weight excluding hydrogens is 450 g/mol. The van der Waals surface area contributed by atoms with Crippen LogP contribution in [0.2, 0.25) is 5.02 Å². The van der Waals surface area contributed by atoms with Gasteiger partial charge in [0.15, 0.2) is 0 Å². The van der Waals surface area contributed by atoms with E-state index >= 15 is 0 Å². The molecule has 5 nitrogen and oxygen atoms in total. The molecule has 1 aliphatic heterocycles. The van der Waals surface area contributed by atoms with Crippen LogP contribution >= 0.6 is 24.0 Å². The van der Waals surface area contributed by atoms with E-state index in [1.54, 1.807) is 42.7 Å². The third-order valence-electron chi connectivity index (χ3n) is 6.47. The van der Waals surface area contributed by atoms with Gasteiger partial charge in [0, 0.05) is 66.6 Å². The number of benzene rings is 2. The zero-order valence-corrected chi connectivity index (χ0v) is 19.1. The van der Waals surface area contributed by atoms with E-state index in [2.05, 4.69) is 20.1 Å². The molecule has 2 aliphatic rings. The van der Waals surface area contributed by atoms with E-state index in [9.17, 15) is 9.18 Å². The lowest BCUT2D eigenvalue weighted by Gasteiger charge is -2.43. The molecule has 2 heterocycles. The van der Waals surface area contributed by atoms with Gasteiger partial charge >= 0.3 is 0 Å². The minimum absolute atomic E-state index is 0. The molecule has 0 bridgehead atoms. The van der Waals surface area contributed by atoms with Crippen LogP contribution in [0.4, 0.5) is 15.8 Å². The van der Waals surface area contributed by atoms with E-state index in [-0.39, 0.29) is 29.7 Å². The van der Waals surface area contributed by atoms with E-state index in [0.717, 1.165) is 43.0 Å². The Morgan fingerprint density at radius 3 is 2.53 bits per heavy atom. The topological polar surface area (TPSA) is 48.5 Å². The number of pyridine rings is 1. The van der Waals surface area contributed by atoms with Gasteiger partial charge in [-0.1, -0.05) is 18.0 Å². The molecule has 0 spiro atoms. The SMILES string of the molecule is Cl.O=C(Nc1ccc(Cl)c2cnccc12)c1ccc(N2CCN(C3CCC3)CC2)c(F)c1. The Bertz CT molecular complexity index is 1130. The fourth-order valence-electron chi connectivity index (χ4n) is 4.44. The highest BCUT2D eigenvalue weighted by molar-refractivity contribution is 6.36. The van der Waals surface area contributed by atoms with Crippen LogP contribution in [0.1, 0.15) is 29.6 Å². The first kappa shape index (κ1) is 22.8. The number of fused-ring (bicyclic) bond motifs is 1. The normalized spacial score (nSPS) is 17.0. The lowest BCUT2D eigenvalue weighted by atomic mass is 9.91. The molecule has 2 fully saturated rings.